The maximum Gasteiger partial charge on any atom is 0.411 e. The monoisotopic (exact) mass is 465 g/mol. The van der Waals surface area contributed by atoms with E-state index in [1.165, 1.54) is 17.9 Å². The van der Waals surface area contributed by atoms with Crippen LogP contribution < -0.4 is 14.8 Å². The van der Waals surface area contributed by atoms with Crippen molar-refractivity contribution in [3.05, 3.63) is 53.6 Å². The molecule has 1 saturated carbocycles. The van der Waals surface area contributed by atoms with Crippen LogP contribution in [0.25, 0.3) is 0 Å². The molecular formula is C26H31N3O5. The minimum atomic E-state index is -0.555. The molecule has 8 nitrogen and oxygen atoms in total. The number of carbonyl (C=O) groups is 2. The molecule has 1 aliphatic carbocycles. The number of rotatable bonds is 7. The summed E-state index contributed by atoms with van der Waals surface area (Å²) in [5, 5.41) is 8.79. The number of hydrazone groups is 1. The highest BCUT2D eigenvalue weighted by Crippen LogP contribution is 2.33. The lowest BCUT2D eigenvalue weighted by molar-refractivity contribution is 0.0751. The Balaban J connectivity index is 1.52. The molecule has 0 radical (unpaired) electrons. The van der Waals surface area contributed by atoms with Gasteiger partial charge in [0.15, 0.2) is 11.5 Å². The highest BCUT2D eigenvalue weighted by molar-refractivity contribution is 6.03. The summed E-state index contributed by atoms with van der Waals surface area (Å²) in [4.78, 5) is 24.9. The molecule has 1 aliphatic heterocycles. The topological polar surface area (TPSA) is 89.5 Å². The maximum absolute atomic E-state index is 13.2. The van der Waals surface area contributed by atoms with Gasteiger partial charge in [0.05, 0.1) is 25.5 Å². The van der Waals surface area contributed by atoms with Gasteiger partial charge < -0.3 is 14.2 Å². The van der Waals surface area contributed by atoms with Crippen LogP contribution in [0.3, 0.4) is 0 Å². The average Bonchev–Trinajstić information content (AvgIpc) is 3.37. The quantitative estimate of drug-likeness (QED) is 0.605. The Hall–Kier alpha value is -3.55. The van der Waals surface area contributed by atoms with Gasteiger partial charge in [-0.3, -0.25) is 10.1 Å². The van der Waals surface area contributed by atoms with Gasteiger partial charge in [0.2, 0.25) is 0 Å². The van der Waals surface area contributed by atoms with Crippen molar-refractivity contribution in [1.82, 2.24) is 5.01 Å². The Morgan fingerprint density at radius 1 is 1.09 bits per heavy atom. The van der Waals surface area contributed by atoms with Crippen molar-refractivity contribution in [3.63, 3.8) is 0 Å². The SMILES string of the molecule is CCOC(=O)Nc1cccc(C(=O)N2CCCC(c3ccc(OC)c(OC4CCCC4)c3)=N2)c1. The number of hydrogen-bond donors (Lipinski definition) is 1. The number of benzene rings is 2. The molecule has 2 aromatic carbocycles. The summed E-state index contributed by atoms with van der Waals surface area (Å²) in [7, 11) is 1.64. The number of carbonyl (C=O) groups excluding carboxylic acids is 2. The highest BCUT2D eigenvalue weighted by atomic mass is 16.5. The molecule has 0 spiro atoms. The first-order chi connectivity index (χ1) is 16.6. The van der Waals surface area contributed by atoms with Gasteiger partial charge in [-0.2, -0.15) is 5.10 Å². The largest absolute Gasteiger partial charge is 0.493 e. The molecule has 1 fully saturated rings. The average molecular weight is 466 g/mol. The fraction of sp³-hybridized carbons (Fsp3) is 0.423. The molecule has 2 aromatic rings. The van der Waals surface area contributed by atoms with Crippen molar-refractivity contribution in [3.8, 4) is 11.5 Å². The minimum Gasteiger partial charge on any atom is -0.493 e. The molecule has 1 N–H and O–H groups in total. The van der Waals surface area contributed by atoms with Crippen LogP contribution in [0.15, 0.2) is 47.6 Å². The number of anilines is 1. The third kappa shape index (κ3) is 5.68. The maximum atomic E-state index is 13.2. The fourth-order valence-corrected chi connectivity index (χ4v) is 4.29. The Morgan fingerprint density at radius 3 is 2.68 bits per heavy atom. The second kappa shape index (κ2) is 11.0. The van der Waals surface area contributed by atoms with Crippen molar-refractivity contribution in [2.75, 3.05) is 25.6 Å². The third-order valence-corrected chi connectivity index (χ3v) is 5.98. The fourth-order valence-electron chi connectivity index (χ4n) is 4.29. The van der Waals surface area contributed by atoms with Crippen molar-refractivity contribution in [2.45, 2.75) is 51.6 Å². The first-order valence-corrected chi connectivity index (χ1v) is 11.9. The number of nitrogens with one attached hydrogen (secondary N) is 1. The summed E-state index contributed by atoms with van der Waals surface area (Å²) < 4.78 is 16.6. The number of amides is 2. The lowest BCUT2D eigenvalue weighted by atomic mass is 10.0. The van der Waals surface area contributed by atoms with Crippen LogP contribution in [-0.2, 0) is 4.74 Å². The molecule has 0 aromatic heterocycles. The van der Waals surface area contributed by atoms with Gasteiger partial charge in [-0.05, 0) is 81.8 Å². The molecule has 180 valence electrons. The molecule has 8 heteroatoms. The van der Waals surface area contributed by atoms with Gasteiger partial charge in [0.1, 0.15) is 0 Å². The number of hydrogen-bond acceptors (Lipinski definition) is 6. The van der Waals surface area contributed by atoms with Gasteiger partial charge in [0.25, 0.3) is 5.91 Å². The van der Waals surface area contributed by atoms with E-state index in [-0.39, 0.29) is 18.6 Å². The van der Waals surface area contributed by atoms with E-state index in [1.807, 2.05) is 18.2 Å². The van der Waals surface area contributed by atoms with Crippen LogP contribution in [0.2, 0.25) is 0 Å². The molecule has 0 saturated heterocycles. The van der Waals surface area contributed by atoms with Gasteiger partial charge >= 0.3 is 6.09 Å². The van der Waals surface area contributed by atoms with Crippen LogP contribution in [0, 0.1) is 0 Å². The van der Waals surface area contributed by atoms with Crippen molar-refractivity contribution >= 4 is 23.4 Å². The normalized spacial score (nSPS) is 16.1. The molecule has 0 atom stereocenters. The second-order valence-corrected chi connectivity index (χ2v) is 8.39. The summed E-state index contributed by atoms with van der Waals surface area (Å²) in [6, 6.07) is 12.6. The highest BCUT2D eigenvalue weighted by Gasteiger charge is 2.23. The van der Waals surface area contributed by atoms with E-state index < -0.39 is 6.09 Å². The van der Waals surface area contributed by atoms with E-state index in [4.69, 9.17) is 14.2 Å². The number of nitrogens with zero attached hydrogens (tertiary/aromatic N) is 2. The van der Waals surface area contributed by atoms with E-state index in [1.54, 1.807) is 38.3 Å². The molecule has 4 rings (SSSR count). The third-order valence-electron chi connectivity index (χ3n) is 5.98. The van der Waals surface area contributed by atoms with Crippen molar-refractivity contribution < 1.29 is 23.8 Å². The van der Waals surface area contributed by atoms with Gasteiger partial charge in [0, 0.05) is 23.4 Å². The first-order valence-electron chi connectivity index (χ1n) is 11.9. The van der Waals surface area contributed by atoms with Crippen molar-refractivity contribution in [1.29, 1.82) is 0 Å². The van der Waals surface area contributed by atoms with Crippen LogP contribution in [0.5, 0.6) is 11.5 Å². The molecule has 2 amide bonds. The Morgan fingerprint density at radius 2 is 1.91 bits per heavy atom. The molecule has 34 heavy (non-hydrogen) atoms. The predicted molar refractivity (Wildman–Crippen MR) is 130 cm³/mol. The lowest BCUT2D eigenvalue weighted by Crippen LogP contribution is -2.32. The second-order valence-electron chi connectivity index (χ2n) is 8.39. The molecule has 2 aliphatic rings. The first kappa shape index (κ1) is 23.6. The zero-order valence-corrected chi connectivity index (χ0v) is 19.7. The van der Waals surface area contributed by atoms with Crippen LogP contribution in [0.4, 0.5) is 10.5 Å². The van der Waals surface area contributed by atoms with E-state index in [9.17, 15) is 9.59 Å². The van der Waals surface area contributed by atoms with E-state index in [0.717, 1.165) is 42.7 Å². The van der Waals surface area contributed by atoms with Crippen molar-refractivity contribution in [2.24, 2.45) is 5.10 Å². The summed E-state index contributed by atoms with van der Waals surface area (Å²) in [6.07, 6.45) is 5.72. The number of ether oxygens (including phenoxy) is 3. The van der Waals surface area contributed by atoms with Crippen LogP contribution >= 0.6 is 0 Å². The zero-order valence-electron chi connectivity index (χ0n) is 19.7. The Bertz CT molecular complexity index is 1060. The summed E-state index contributed by atoms with van der Waals surface area (Å²) in [5.74, 6) is 1.20. The summed E-state index contributed by atoms with van der Waals surface area (Å²) in [6.45, 7) is 2.53. The van der Waals surface area contributed by atoms with Gasteiger partial charge in [-0.25, -0.2) is 9.80 Å². The van der Waals surface area contributed by atoms with E-state index in [0.29, 0.717) is 23.5 Å². The van der Waals surface area contributed by atoms with Crippen LogP contribution in [0.1, 0.15) is 61.4 Å². The minimum absolute atomic E-state index is 0.214. The smallest absolute Gasteiger partial charge is 0.411 e. The van der Waals surface area contributed by atoms with Gasteiger partial charge in [-0.1, -0.05) is 6.07 Å². The summed E-state index contributed by atoms with van der Waals surface area (Å²) >= 11 is 0. The number of methoxy groups -OCH3 is 1. The van der Waals surface area contributed by atoms with E-state index >= 15 is 0 Å². The van der Waals surface area contributed by atoms with Gasteiger partial charge in [-0.15, -0.1) is 0 Å². The van der Waals surface area contributed by atoms with Crippen LogP contribution in [-0.4, -0.2) is 49.1 Å². The molecule has 0 unspecified atom stereocenters. The summed E-state index contributed by atoms with van der Waals surface area (Å²) in [5.41, 5.74) is 2.69. The lowest BCUT2D eigenvalue weighted by Gasteiger charge is -2.24. The predicted octanol–water partition coefficient (Wildman–Crippen LogP) is 5.23. The Kier molecular flexibility index (Phi) is 7.67. The van der Waals surface area contributed by atoms with E-state index in [2.05, 4.69) is 10.4 Å². The standard InChI is InChI=1S/C26H31N3O5/c1-3-33-26(31)27-20-9-6-8-19(16-20)25(30)29-15-7-12-22(28-29)18-13-14-23(32-2)24(17-18)34-21-10-4-5-11-21/h6,8-9,13-14,16-17,21H,3-5,7,10-12,15H2,1-2H3,(H,27,31). The molecule has 1 heterocycles. The Labute approximate surface area is 199 Å². The molecular weight excluding hydrogens is 434 g/mol. The molecule has 0 bridgehead atoms. The zero-order chi connectivity index (χ0) is 23.9.